The van der Waals surface area contributed by atoms with Crippen LogP contribution in [0.4, 0.5) is 63.3 Å². The van der Waals surface area contributed by atoms with E-state index in [-0.39, 0.29) is 33.5 Å². The summed E-state index contributed by atoms with van der Waals surface area (Å²) < 4.78 is 162. The zero-order chi connectivity index (χ0) is 58.9. The Morgan fingerprint density at radius 3 is 1.43 bits per heavy atom. The van der Waals surface area contributed by atoms with E-state index in [1.165, 1.54) is 42.5 Å². The van der Waals surface area contributed by atoms with Gasteiger partial charge in [0, 0.05) is 28.1 Å². The average molecular weight is 1210 g/mol. The summed E-state index contributed by atoms with van der Waals surface area (Å²) in [5, 5.41) is 48.7. The Morgan fingerprint density at radius 1 is 0.427 bits per heavy atom. The number of hydrogen-bond acceptors (Lipinski definition) is 22. The minimum atomic E-state index is -5.31. The Balaban J connectivity index is 1.26. The summed E-state index contributed by atoms with van der Waals surface area (Å²) in [7, 11) is -23.8. The van der Waals surface area contributed by atoms with Crippen molar-refractivity contribution in [2.45, 2.75) is 19.6 Å². The van der Waals surface area contributed by atoms with Crippen LogP contribution in [0.2, 0.25) is 0 Å². The number of azo groups is 2. The summed E-state index contributed by atoms with van der Waals surface area (Å²) in [6.45, 7) is 0. The molecular weight excluding hydrogens is 1170 g/mol. The van der Waals surface area contributed by atoms with E-state index in [0.717, 1.165) is 48.9 Å². The van der Waals surface area contributed by atoms with Crippen LogP contribution in [0.15, 0.2) is 198 Å². The number of sulfone groups is 1. The fraction of sp³-hybridized carbons (Fsp3) is 0.0392. The number of aromatic nitrogens is 3. The molecule has 31 heteroatoms. The number of phenolic OH excluding ortho intramolecular Hbond substituents is 2. The molecule has 9 rings (SSSR count). The SMILES string of the molecule is CS(=O)(=O)Nc1cccc(Nc2nc(Nc3cc(S(=O)(=O)O)cc4cc(S(C)(=O)=O)c(/N=N/c5ccccccccc5)c(O)c34)nc(Nc3cc(S(=O)(=O)O)cc4cc(S(=O)(=O)O)c(/N=N/c5cccc6ccccc56)c(O)c34)n2)c1. The molecule has 0 fully saturated rings. The van der Waals surface area contributed by atoms with Crippen molar-refractivity contribution >= 4 is 146 Å². The number of anilines is 7. The lowest BCUT2D eigenvalue weighted by atomic mass is 10.1. The van der Waals surface area contributed by atoms with E-state index in [1.807, 2.05) is 0 Å². The minimum absolute atomic E-state index is 0.0588. The van der Waals surface area contributed by atoms with Crippen molar-refractivity contribution in [2.75, 3.05) is 33.2 Å². The van der Waals surface area contributed by atoms with Crippen molar-refractivity contribution in [3.8, 4) is 11.5 Å². The topological polar surface area (TPSA) is 408 Å². The van der Waals surface area contributed by atoms with Gasteiger partial charge in [-0.1, -0.05) is 84.9 Å². The highest BCUT2D eigenvalue weighted by Gasteiger charge is 2.28. The van der Waals surface area contributed by atoms with Crippen LogP contribution < -0.4 is 20.7 Å². The Labute approximate surface area is 466 Å². The molecule has 0 spiro atoms. The molecule has 1 heterocycles. The second-order valence-corrected chi connectivity index (χ2v) is 25.6. The van der Waals surface area contributed by atoms with Crippen LogP contribution in [-0.2, 0) is 50.2 Å². The number of hydrogen-bond donors (Lipinski definition) is 9. The molecule has 82 heavy (non-hydrogen) atoms. The van der Waals surface area contributed by atoms with E-state index in [1.54, 1.807) is 78.9 Å². The molecule has 9 aromatic rings. The van der Waals surface area contributed by atoms with Crippen molar-refractivity contribution in [1.29, 1.82) is 0 Å². The number of fused-ring (bicyclic) bond motifs is 3. The maximum Gasteiger partial charge on any atom is 0.296 e. The molecule has 9 N–H and O–H groups in total. The van der Waals surface area contributed by atoms with Crippen molar-refractivity contribution in [2.24, 2.45) is 20.5 Å². The number of phenols is 2. The van der Waals surface area contributed by atoms with E-state index < -0.39 is 133 Å². The first-order chi connectivity index (χ1) is 38.6. The van der Waals surface area contributed by atoms with E-state index in [2.05, 4.69) is 56.1 Å². The van der Waals surface area contributed by atoms with Gasteiger partial charge in [-0.2, -0.15) is 45.3 Å². The normalized spacial score (nSPS) is 12.5. The van der Waals surface area contributed by atoms with Crippen molar-refractivity contribution < 1.29 is 66.0 Å². The number of sulfonamides is 1. The van der Waals surface area contributed by atoms with Crippen LogP contribution in [0.5, 0.6) is 11.5 Å². The largest absolute Gasteiger partial charge is 0.505 e. The second-order valence-electron chi connectivity index (χ2n) is 17.6. The molecule has 0 unspecified atom stereocenters. The standard InChI is InChI=1S/C51H41N11O15S5/c1-78(65,66)41-24-30-22-35(80(69,70)71)27-39(43(30)47(63)45(41)60-58-32-16-8-6-4-3-5-7-9-17-32)53-50-55-49(52-33-18-13-19-34(26-33)62-79(2,67)68)56-51(57-50)54-40-28-36(81(72,73)74)23-31-25-42(82(75,76)77)46(48(64)44(31)40)61-59-38-21-12-15-29-14-10-11-20-37(29)38/h3-28,62-64H,1-2H3,(H,69,70,71)(H,72,73,74)(H,75,76,77)(H3,52,53,54,55,56,57)/b4-3?,5-3?,6-4?,7-5?,8-6?,9-7?,16-8?,17-9?,32-16?,32-17?,60-58+,61-59+. The predicted octanol–water partition coefficient (Wildman–Crippen LogP) is 10.4. The van der Waals surface area contributed by atoms with Crippen LogP contribution >= 0.6 is 0 Å². The smallest absolute Gasteiger partial charge is 0.296 e. The first kappa shape index (κ1) is 57.3. The third-order valence-electron chi connectivity index (χ3n) is 11.6. The molecule has 0 aliphatic heterocycles. The van der Waals surface area contributed by atoms with E-state index >= 15 is 0 Å². The monoisotopic (exact) mass is 1210 g/mol. The van der Waals surface area contributed by atoms with Crippen LogP contribution in [0.25, 0.3) is 32.3 Å². The van der Waals surface area contributed by atoms with E-state index in [9.17, 15) is 66.0 Å². The third-order valence-corrected chi connectivity index (χ3v) is 15.8. The summed E-state index contributed by atoms with van der Waals surface area (Å²) in [4.78, 5) is 9.69. The van der Waals surface area contributed by atoms with Gasteiger partial charge in [0.2, 0.25) is 27.9 Å². The fourth-order valence-electron chi connectivity index (χ4n) is 8.13. The predicted molar refractivity (Wildman–Crippen MR) is 305 cm³/mol. The van der Waals surface area contributed by atoms with Crippen molar-refractivity contribution in [3.63, 3.8) is 0 Å². The third kappa shape index (κ3) is 13.3. The molecule has 26 nitrogen and oxygen atoms in total. The molecule has 0 aliphatic carbocycles. The Morgan fingerprint density at radius 2 is 0.890 bits per heavy atom. The van der Waals surface area contributed by atoms with Gasteiger partial charge in [-0.05, 0) is 89.0 Å². The van der Waals surface area contributed by atoms with Crippen molar-refractivity contribution in [1.82, 2.24) is 15.0 Å². The molecule has 0 aliphatic rings. The molecule has 0 radical (unpaired) electrons. The maximum atomic E-state index is 13.4. The first-order valence-corrected chi connectivity index (χ1v) is 31.3. The van der Waals surface area contributed by atoms with E-state index in [4.69, 9.17) is 0 Å². The highest BCUT2D eigenvalue weighted by atomic mass is 32.2. The first-order valence-electron chi connectivity index (χ1n) is 23.2. The quantitative estimate of drug-likeness (QED) is 0.0320. The van der Waals surface area contributed by atoms with Gasteiger partial charge in [0.15, 0.2) is 21.3 Å². The zero-order valence-corrected chi connectivity index (χ0v) is 46.1. The summed E-state index contributed by atoms with van der Waals surface area (Å²) in [6.07, 6.45) is 1.70. The van der Waals surface area contributed by atoms with Crippen molar-refractivity contribution in [3.05, 3.63) is 158 Å². The van der Waals surface area contributed by atoms with Gasteiger partial charge in [0.25, 0.3) is 30.4 Å². The summed E-state index contributed by atoms with van der Waals surface area (Å²) in [5.41, 5.74) is -1.87. The molecule has 0 atom stereocenters. The number of nitrogens with one attached hydrogen (secondary N) is 4. The van der Waals surface area contributed by atoms with Gasteiger partial charge >= 0.3 is 0 Å². The van der Waals surface area contributed by atoms with Gasteiger partial charge in [0.05, 0.1) is 49.4 Å². The highest BCUT2D eigenvalue weighted by Crippen LogP contribution is 2.48. The zero-order valence-electron chi connectivity index (χ0n) is 42.0. The molecular formula is C51H41N11O15S5. The lowest BCUT2D eigenvalue weighted by Crippen LogP contribution is -2.10. The Bertz CT molecular complexity index is 4810. The van der Waals surface area contributed by atoms with Crippen LogP contribution in [0.3, 0.4) is 0 Å². The molecule has 0 saturated carbocycles. The second kappa shape index (κ2) is 22.3. The molecule has 1 aromatic heterocycles. The Kier molecular flexibility index (Phi) is 15.6. The number of rotatable bonds is 16. The highest BCUT2D eigenvalue weighted by molar-refractivity contribution is 7.92. The average Bonchev–Trinajstić information content (AvgIpc) is 1.59. The van der Waals surface area contributed by atoms with Crippen LogP contribution in [0, 0.1) is 0 Å². The molecule has 8 aromatic carbocycles. The lowest BCUT2D eigenvalue weighted by molar-refractivity contribution is 0.472. The summed E-state index contributed by atoms with van der Waals surface area (Å²) in [6, 6.07) is 37.3. The Hall–Kier alpha value is -9.34. The van der Waals surface area contributed by atoms with Crippen LogP contribution in [0.1, 0.15) is 0 Å². The molecule has 420 valence electrons. The number of nitrogens with zero attached hydrogens (tertiary/aromatic N) is 7. The van der Waals surface area contributed by atoms with Gasteiger partial charge in [0.1, 0.15) is 16.3 Å². The molecule has 0 amide bonds. The number of aromatic hydroxyl groups is 2. The van der Waals surface area contributed by atoms with Crippen LogP contribution in [-0.4, -0.2) is 93.4 Å². The summed E-state index contributed by atoms with van der Waals surface area (Å²) in [5.74, 6) is -3.58. The fourth-order valence-corrected chi connectivity index (χ4v) is 11.3. The number of benzene rings is 7. The minimum Gasteiger partial charge on any atom is -0.505 e. The maximum absolute atomic E-state index is 13.4. The lowest BCUT2D eigenvalue weighted by Gasteiger charge is -2.17. The molecule has 0 bridgehead atoms. The van der Waals surface area contributed by atoms with Gasteiger partial charge in [-0.3, -0.25) is 18.4 Å². The molecule has 0 saturated heterocycles. The van der Waals surface area contributed by atoms with Gasteiger partial charge in [-0.25, -0.2) is 16.8 Å². The van der Waals surface area contributed by atoms with Gasteiger partial charge < -0.3 is 26.2 Å². The van der Waals surface area contributed by atoms with Gasteiger partial charge in [-0.15, -0.1) is 15.3 Å². The summed E-state index contributed by atoms with van der Waals surface area (Å²) >= 11 is 0. The van der Waals surface area contributed by atoms with E-state index in [0.29, 0.717) is 10.8 Å².